The molecule has 0 spiro atoms. The fourth-order valence-corrected chi connectivity index (χ4v) is 0.712. The zero-order chi connectivity index (χ0) is 10.6. The first-order chi connectivity index (χ1) is 6.58. The molecule has 0 bridgehead atoms. The second-order valence-electron chi connectivity index (χ2n) is 2.37. The summed E-state index contributed by atoms with van der Waals surface area (Å²) in [6, 6.07) is 0. The molecule has 0 aromatic rings. The van der Waals surface area contributed by atoms with Crippen molar-refractivity contribution in [1.82, 2.24) is 10.6 Å². The van der Waals surface area contributed by atoms with E-state index >= 15 is 0 Å². The minimum atomic E-state index is -0.329. The first-order valence-electron chi connectivity index (χ1n) is 3.64. The molecule has 1 radical (unpaired) electrons. The van der Waals surface area contributed by atoms with E-state index in [1.165, 1.54) is 24.3 Å². The molecule has 77 valence electrons. The summed E-state index contributed by atoms with van der Waals surface area (Å²) in [5, 5.41) is 4.06. The molecule has 2 N–H and O–H groups in total. The van der Waals surface area contributed by atoms with E-state index in [0.717, 1.165) is 0 Å². The van der Waals surface area contributed by atoms with Gasteiger partial charge in [-0.2, -0.15) is 0 Å². The van der Waals surface area contributed by atoms with Gasteiger partial charge in [0.15, 0.2) is 0 Å². The van der Waals surface area contributed by atoms with Gasteiger partial charge in [-0.3, -0.25) is 29.8 Å². The van der Waals surface area contributed by atoms with Gasteiger partial charge in [-0.1, -0.05) is 0 Å². The fraction of sp³-hybridized carbons (Fsp3) is 0. The maximum absolute atomic E-state index is 10.0. The van der Waals surface area contributed by atoms with Gasteiger partial charge in [0.05, 0.1) is 0 Å². The van der Waals surface area contributed by atoms with E-state index in [1.807, 2.05) is 10.6 Å². The average Bonchev–Trinajstić information content (AvgIpc) is 2.63. The molecule has 6 nitrogen and oxygen atoms in total. The number of amides is 4. The predicted octanol–water partition coefficient (Wildman–Crippen LogP) is -1.60. The molecule has 4 amide bonds. The number of hydrogen-bond acceptors (Lipinski definition) is 4. The summed E-state index contributed by atoms with van der Waals surface area (Å²) in [5.74, 6) is -1.31. The van der Waals surface area contributed by atoms with Crippen molar-refractivity contribution in [2.75, 3.05) is 0 Å². The molecule has 0 aliphatic carbocycles. The van der Waals surface area contributed by atoms with Crippen molar-refractivity contribution >= 4 is 23.6 Å². The SMILES string of the molecule is O=C1C=CC(=O)N1.O=C1C=CC(=O)N1.[V]. The summed E-state index contributed by atoms with van der Waals surface area (Å²) < 4.78 is 0. The summed E-state index contributed by atoms with van der Waals surface area (Å²) in [5.41, 5.74) is 0. The molecule has 2 heterocycles. The van der Waals surface area contributed by atoms with Crippen LogP contribution in [0.2, 0.25) is 0 Å². The zero-order valence-electron chi connectivity index (χ0n) is 7.39. The Morgan fingerprint density at radius 3 is 0.867 bits per heavy atom. The molecule has 0 unspecified atom stereocenters. The molecule has 0 fully saturated rings. The van der Waals surface area contributed by atoms with Crippen LogP contribution in [0.5, 0.6) is 0 Å². The molecular formula is C8H6N2O4V. The summed E-state index contributed by atoms with van der Waals surface area (Å²) >= 11 is 0. The zero-order valence-corrected chi connectivity index (χ0v) is 8.79. The van der Waals surface area contributed by atoms with E-state index in [-0.39, 0.29) is 42.2 Å². The molecule has 0 aromatic carbocycles. The number of carbonyl (C=O) groups excluding carboxylic acids is 4. The monoisotopic (exact) mass is 245 g/mol. The molecule has 0 atom stereocenters. The van der Waals surface area contributed by atoms with Gasteiger partial charge in [0.2, 0.25) is 0 Å². The van der Waals surface area contributed by atoms with E-state index in [0.29, 0.717) is 0 Å². The van der Waals surface area contributed by atoms with Crippen LogP contribution in [0.4, 0.5) is 0 Å². The van der Waals surface area contributed by atoms with Crippen LogP contribution in [0, 0.1) is 0 Å². The predicted molar refractivity (Wildman–Crippen MR) is 44.6 cm³/mol. The minimum absolute atomic E-state index is 0. The van der Waals surface area contributed by atoms with Crippen molar-refractivity contribution in [2.24, 2.45) is 0 Å². The molecule has 15 heavy (non-hydrogen) atoms. The molecule has 7 heteroatoms. The average molecular weight is 245 g/mol. The Kier molecular flexibility index (Phi) is 5.29. The van der Waals surface area contributed by atoms with Crippen LogP contribution < -0.4 is 10.6 Å². The van der Waals surface area contributed by atoms with Gasteiger partial charge < -0.3 is 0 Å². The number of hydrogen-bond donors (Lipinski definition) is 2. The number of nitrogens with one attached hydrogen (secondary N) is 2. The van der Waals surface area contributed by atoms with Crippen LogP contribution in [0.3, 0.4) is 0 Å². The molecule has 0 saturated heterocycles. The van der Waals surface area contributed by atoms with Gasteiger partial charge in [-0.25, -0.2) is 0 Å². The van der Waals surface area contributed by atoms with Crippen LogP contribution in [-0.4, -0.2) is 23.6 Å². The Balaban J connectivity index is 0.000000245. The van der Waals surface area contributed by atoms with Gasteiger partial charge in [0.1, 0.15) is 0 Å². The topological polar surface area (TPSA) is 92.3 Å². The normalized spacial score (nSPS) is 16.5. The number of carbonyl (C=O) groups is 4. The van der Waals surface area contributed by atoms with E-state index in [9.17, 15) is 19.2 Å². The summed E-state index contributed by atoms with van der Waals surface area (Å²) in [6.45, 7) is 0. The molecule has 0 aromatic heterocycles. The Hall–Kier alpha value is -1.66. The molecule has 0 saturated carbocycles. The van der Waals surface area contributed by atoms with Crippen molar-refractivity contribution in [2.45, 2.75) is 0 Å². The summed E-state index contributed by atoms with van der Waals surface area (Å²) in [7, 11) is 0. The first-order valence-corrected chi connectivity index (χ1v) is 3.64. The quantitative estimate of drug-likeness (QED) is 0.502. The number of imide groups is 2. The van der Waals surface area contributed by atoms with E-state index in [4.69, 9.17) is 0 Å². The van der Waals surface area contributed by atoms with E-state index in [2.05, 4.69) is 0 Å². The summed E-state index contributed by atoms with van der Waals surface area (Å²) in [6.07, 6.45) is 4.79. The van der Waals surface area contributed by atoms with Crippen LogP contribution >= 0.6 is 0 Å². The Bertz CT molecular complexity index is 305. The van der Waals surface area contributed by atoms with Crippen LogP contribution in [-0.2, 0) is 37.7 Å². The van der Waals surface area contributed by atoms with Crippen molar-refractivity contribution in [1.29, 1.82) is 0 Å². The second kappa shape index (κ2) is 5.95. The largest absolute Gasteiger partial charge is 0.289 e. The van der Waals surface area contributed by atoms with Crippen molar-refractivity contribution in [3.05, 3.63) is 24.3 Å². The third-order valence-electron chi connectivity index (χ3n) is 1.26. The van der Waals surface area contributed by atoms with Crippen molar-refractivity contribution in [3.63, 3.8) is 0 Å². The van der Waals surface area contributed by atoms with Gasteiger partial charge in [0.25, 0.3) is 23.6 Å². The van der Waals surface area contributed by atoms with E-state index < -0.39 is 0 Å². The maximum atomic E-state index is 10.0. The van der Waals surface area contributed by atoms with Crippen molar-refractivity contribution in [3.8, 4) is 0 Å². The van der Waals surface area contributed by atoms with Crippen LogP contribution in [0.1, 0.15) is 0 Å². The van der Waals surface area contributed by atoms with Gasteiger partial charge in [-0.15, -0.1) is 0 Å². The third kappa shape index (κ3) is 4.94. The Morgan fingerprint density at radius 1 is 0.600 bits per heavy atom. The Labute approximate surface area is 96.7 Å². The second-order valence-corrected chi connectivity index (χ2v) is 2.37. The van der Waals surface area contributed by atoms with Crippen molar-refractivity contribution < 1.29 is 37.7 Å². The standard InChI is InChI=1S/2C4H3NO2.V/c2*6-3-1-2-4(7)5-3;/h2*1-2H,(H,5,6,7);. The Morgan fingerprint density at radius 2 is 0.800 bits per heavy atom. The third-order valence-corrected chi connectivity index (χ3v) is 1.26. The van der Waals surface area contributed by atoms with Gasteiger partial charge in [-0.05, 0) is 0 Å². The van der Waals surface area contributed by atoms with Crippen LogP contribution in [0.25, 0.3) is 0 Å². The summed E-state index contributed by atoms with van der Waals surface area (Å²) in [4.78, 5) is 40.1. The minimum Gasteiger partial charge on any atom is -0.289 e. The maximum Gasteiger partial charge on any atom is 0.250 e. The fourth-order valence-electron chi connectivity index (χ4n) is 0.712. The van der Waals surface area contributed by atoms with Gasteiger partial charge >= 0.3 is 0 Å². The smallest absolute Gasteiger partial charge is 0.250 e. The molecule has 2 aliphatic heterocycles. The molecule has 2 rings (SSSR count). The molecular weight excluding hydrogens is 239 g/mol. The van der Waals surface area contributed by atoms with E-state index in [1.54, 1.807) is 0 Å². The molecule has 2 aliphatic rings. The van der Waals surface area contributed by atoms with Gasteiger partial charge in [0, 0.05) is 42.9 Å². The number of rotatable bonds is 0. The van der Waals surface area contributed by atoms with Crippen LogP contribution in [0.15, 0.2) is 24.3 Å². The first kappa shape index (κ1) is 13.3.